The Morgan fingerprint density at radius 2 is 1.90 bits per heavy atom. The summed E-state index contributed by atoms with van der Waals surface area (Å²) in [5.41, 5.74) is 3.13. The molecule has 1 aliphatic heterocycles. The van der Waals surface area contributed by atoms with E-state index in [1.807, 2.05) is 26.1 Å². The number of aryl methyl sites for hydroxylation is 1. The summed E-state index contributed by atoms with van der Waals surface area (Å²) in [6, 6.07) is 8.19. The van der Waals surface area contributed by atoms with Crippen LogP contribution in [0.5, 0.6) is 0 Å². The van der Waals surface area contributed by atoms with Gasteiger partial charge >= 0.3 is 0 Å². The highest BCUT2D eigenvalue weighted by Crippen LogP contribution is 2.26. The number of likely N-dealkylation sites (tertiary alicyclic amines) is 1. The Morgan fingerprint density at radius 1 is 1.24 bits per heavy atom. The number of hydrogen-bond donors (Lipinski definition) is 0. The number of carbonyl (C=O) groups is 1. The summed E-state index contributed by atoms with van der Waals surface area (Å²) in [5, 5.41) is 1.09. The number of ketones is 1. The van der Waals surface area contributed by atoms with Gasteiger partial charge in [0, 0.05) is 29.2 Å². The van der Waals surface area contributed by atoms with E-state index in [0.29, 0.717) is 6.54 Å². The summed E-state index contributed by atoms with van der Waals surface area (Å²) >= 11 is 0. The Balaban J connectivity index is 1.86. The monoisotopic (exact) mass is 284 g/mol. The Hall–Kier alpha value is -1.61. The molecule has 1 aliphatic rings. The molecule has 0 bridgehead atoms. The highest BCUT2D eigenvalue weighted by atomic mass is 16.1. The minimum Gasteiger partial charge on any atom is -0.347 e. The van der Waals surface area contributed by atoms with Crippen molar-refractivity contribution >= 4 is 16.7 Å². The minimum atomic E-state index is 0.263. The number of carbonyl (C=O) groups excluding carboxylic acids is 1. The molecule has 0 N–H and O–H groups in total. The lowest BCUT2D eigenvalue weighted by molar-refractivity contribution is 0.0900. The summed E-state index contributed by atoms with van der Waals surface area (Å²) in [4.78, 5) is 15.1. The van der Waals surface area contributed by atoms with Crippen LogP contribution in [0.3, 0.4) is 0 Å². The molecule has 1 aromatic carbocycles. The van der Waals surface area contributed by atoms with Gasteiger partial charge in [0.1, 0.15) is 0 Å². The predicted molar refractivity (Wildman–Crippen MR) is 86.8 cm³/mol. The fourth-order valence-corrected chi connectivity index (χ4v) is 3.38. The molecule has 2 heterocycles. The topological polar surface area (TPSA) is 25.2 Å². The summed E-state index contributed by atoms with van der Waals surface area (Å²) < 4.78 is 2.13. The van der Waals surface area contributed by atoms with Crippen molar-refractivity contribution in [1.82, 2.24) is 9.47 Å². The van der Waals surface area contributed by atoms with Gasteiger partial charge < -0.3 is 4.57 Å². The van der Waals surface area contributed by atoms with Crippen LogP contribution in [0.4, 0.5) is 0 Å². The van der Waals surface area contributed by atoms with E-state index in [9.17, 15) is 4.79 Å². The van der Waals surface area contributed by atoms with Crippen LogP contribution in [-0.2, 0) is 7.05 Å². The Kier molecular flexibility index (Phi) is 3.85. The Bertz CT molecular complexity index is 663. The second kappa shape index (κ2) is 5.64. The molecule has 0 spiro atoms. The normalized spacial score (nSPS) is 17.5. The van der Waals surface area contributed by atoms with E-state index >= 15 is 0 Å². The Morgan fingerprint density at radius 3 is 2.62 bits per heavy atom. The Labute approximate surface area is 126 Å². The van der Waals surface area contributed by atoms with Crippen LogP contribution in [0.2, 0.25) is 0 Å². The van der Waals surface area contributed by atoms with Crippen LogP contribution in [-0.4, -0.2) is 34.9 Å². The smallest absolute Gasteiger partial charge is 0.179 e. The van der Waals surface area contributed by atoms with E-state index in [1.165, 1.54) is 12.8 Å². The molecule has 0 unspecified atom stereocenters. The van der Waals surface area contributed by atoms with Crippen molar-refractivity contribution < 1.29 is 4.79 Å². The molecule has 2 aromatic rings. The van der Waals surface area contributed by atoms with E-state index in [2.05, 4.69) is 28.5 Å². The third-order valence-corrected chi connectivity index (χ3v) is 4.92. The standard InChI is InChI=1S/C18H24N2O/c1-13-8-10-20(11-9-13)12-17(21)18-14(2)19(3)16-7-5-4-6-15(16)18/h4-7,13H,8-12H2,1-3H3. The van der Waals surface area contributed by atoms with Crippen LogP contribution < -0.4 is 0 Å². The summed E-state index contributed by atoms with van der Waals surface area (Å²) in [5.74, 6) is 1.06. The molecule has 3 nitrogen and oxygen atoms in total. The zero-order valence-electron chi connectivity index (χ0n) is 13.2. The lowest BCUT2D eigenvalue weighted by Gasteiger charge is -2.29. The molecular formula is C18H24N2O. The quantitative estimate of drug-likeness (QED) is 0.807. The first-order valence-corrected chi connectivity index (χ1v) is 7.87. The van der Waals surface area contributed by atoms with E-state index < -0.39 is 0 Å². The maximum atomic E-state index is 12.8. The molecule has 3 heteroatoms. The van der Waals surface area contributed by atoms with Crippen molar-refractivity contribution in [3.8, 4) is 0 Å². The highest BCUT2D eigenvalue weighted by Gasteiger charge is 2.22. The largest absolute Gasteiger partial charge is 0.347 e. The molecule has 1 fully saturated rings. The minimum absolute atomic E-state index is 0.263. The van der Waals surface area contributed by atoms with E-state index in [1.54, 1.807) is 0 Å². The van der Waals surface area contributed by atoms with E-state index in [-0.39, 0.29) is 5.78 Å². The first kappa shape index (κ1) is 14.3. The van der Waals surface area contributed by atoms with Gasteiger partial charge in [-0.15, -0.1) is 0 Å². The number of Topliss-reactive ketones (excluding diaryl/α,β-unsaturated/α-hetero) is 1. The molecule has 112 valence electrons. The number of nitrogens with zero attached hydrogens (tertiary/aromatic N) is 2. The number of para-hydroxylation sites is 1. The lowest BCUT2D eigenvalue weighted by atomic mass is 9.98. The van der Waals surface area contributed by atoms with Crippen LogP contribution >= 0.6 is 0 Å². The summed E-state index contributed by atoms with van der Waals surface area (Å²) in [6.07, 6.45) is 2.42. The third-order valence-electron chi connectivity index (χ3n) is 4.92. The van der Waals surface area contributed by atoms with Gasteiger partial charge in [0.2, 0.25) is 0 Å². The van der Waals surface area contributed by atoms with Crippen molar-refractivity contribution in [2.45, 2.75) is 26.7 Å². The maximum Gasteiger partial charge on any atom is 0.179 e. The lowest BCUT2D eigenvalue weighted by Crippen LogP contribution is -2.36. The molecule has 0 atom stereocenters. The van der Waals surface area contributed by atoms with Crippen molar-refractivity contribution in [1.29, 1.82) is 0 Å². The van der Waals surface area contributed by atoms with Crippen LogP contribution in [0, 0.1) is 12.8 Å². The average molecular weight is 284 g/mol. The van der Waals surface area contributed by atoms with E-state index in [4.69, 9.17) is 0 Å². The van der Waals surface area contributed by atoms with Crippen molar-refractivity contribution in [3.05, 3.63) is 35.5 Å². The molecule has 1 aromatic heterocycles. The molecule has 0 saturated carbocycles. The van der Waals surface area contributed by atoms with Crippen molar-refractivity contribution in [2.24, 2.45) is 13.0 Å². The molecule has 0 radical (unpaired) electrons. The number of aromatic nitrogens is 1. The maximum absolute atomic E-state index is 12.8. The first-order chi connectivity index (χ1) is 10.1. The van der Waals surface area contributed by atoms with Crippen LogP contribution in [0.25, 0.3) is 10.9 Å². The van der Waals surface area contributed by atoms with Gasteiger partial charge in [-0.1, -0.05) is 25.1 Å². The van der Waals surface area contributed by atoms with Gasteiger partial charge in [-0.2, -0.15) is 0 Å². The van der Waals surface area contributed by atoms with Gasteiger partial charge in [-0.25, -0.2) is 0 Å². The molecule has 0 aliphatic carbocycles. The van der Waals surface area contributed by atoms with Crippen molar-refractivity contribution in [2.75, 3.05) is 19.6 Å². The molecule has 21 heavy (non-hydrogen) atoms. The second-order valence-electron chi connectivity index (χ2n) is 6.42. The predicted octanol–water partition coefficient (Wildman–Crippen LogP) is 3.40. The fourth-order valence-electron chi connectivity index (χ4n) is 3.38. The highest BCUT2D eigenvalue weighted by molar-refractivity contribution is 6.10. The SMILES string of the molecule is Cc1c(C(=O)CN2CCC(C)CC2)c2ccccc2n1C. The zero-order chi connectivity index (χ0) is 15.0. The third kappa shape index (κ3) is 2.62. The first-order valence-electron chi connectivity index (χ1n) is 7.87. The average Bonchev–Trinajstić information content (AvgIpc) is 2.74. The molecular weight excluding hydrogens is 260 g/mol. The molecule has 1 saturated heterocycles. The molecule has 3 rings (SSSR count). The summed E-state index contributed by atoms with van der Waals surface area (Å²) in [6.45, 7) is 7.01. The van der Waals surface area contributed by atoms with Gasteiger partial charge in [0.15, 0.2) is 5.78 Å². The van der Waals surface area contributed by atoms with Crippen molar-refractivity contribution in [3.63, 3.8) is 0 Å². The van der Waals surface area contributed by atoms with Gasteiger partial charge in [0.05, 0.1) is 6.54 Å². The van der Waals surface area contributed by atoms with Crippen LogP contribution in [0.15, 0.2) is 24.3 Å². The number of rotatable bonds is 3. The molecule has 0 amide bonds. The van der Waals surface area contributed by atoms with Gasteiger partial charge in [-0.3, -0.25) is 9.69 Å². The number of fused-ring (bicyclic) bond motifs is 1. The van der Waals surface area contributed by atoms with E-state index in [0.717, 1.165) is 41.2 Å². The zero-order valence-corrected chi connectivity index (χ0v) is 13.2. The van der Waals surface area contributed by atoms with Crippen LogP contribution in [0.1, 0.15) is 35.8 Å². The summed E-state index contributed by atoms with van der Waals surface area (Å²) in [7, 11) is 2.04. The fraction of sp³-hybridized carbons (Fsp3) is 0.500. The van der Waals surface area contributed by atoms with Gasteiger partial charge in [0.25, 0.3) is 0 Å². The number of piperidine rings is 1. The van der Waals surface area contributed by atoms with Gasteiger partial charge in [-0.05, 0) is 44.8 Å². The second-order valence-corrected chi connectivity index (χ2v) is 6.42. The number of benzene rings is 1. The number of hydrogen-bond acceptors (Lipinski definition) is 2.